The number of hydrogen-bond acceptors (Lipinski definition) is 5. The molecular formula is C17H17BrN4O4. The van der Waals surface area contributed by atoms with Crippen molar-refractivity contribution in [2.75, 3.05) is 6.61 Å². The van der Waals surface area contributed by atoms with Crippen molar-refractivity contribution in [1.82, 2.24) is 20.2 Å². The fourth-order valence-corrected chi connectivity index (χ4v) is 3.18. The summed E-state index contributed by atoms with van der Waals surface area (Å²) in [4.78, 5) is 41.1. The molecule has 2 N–H and O–H groups in total. The van der Waals surface area contributed by atoms with E-state index in [0.29, 0.717) is 16.6 Å². The number of amides is 2. The molecule has 0 aliphatic carbocycles. The second kappa shape index (κ2) is 7.28. The highest BCUT2D eigenvalue weighted by molar-refractivity contribution is 9.10. The van der Waals surface area contributed by atoms with Gasteiger partial charge in [-0.25, -0.2) is 14.6 Å². The van der Waals surface area contributed by atoms with Gasteiger partial charge >= 0.3 is 12.0 Å². The van der Waals surface area contributed by atoms with Gasteiger partial charge in [-0.1, -0.05) is 15.9 Å². The number of rotatable bonds is 4. The molecule has 26 heavy (non-hydrogen) atoms. The minimum absolute atomic E-state index is 0.000193. The summed E-state index contributed by atoms with van der Waals surface area (Å²) in [6, 6.07) is 4.25. The molecular weight excluding hydrogens is 404 g/mol. The lowest BCUT2D eigenvalue weighted by Crippen LogP contribution is -2.50. The Morgan fingerprint density at radius 2 is 2.15 bits per heavy atom. The molecule has 1 aromatic heterocycles. The molecule has 1 atom stereocenters. The maximum atomic E-state index is 12.8. The fourth-order valence-electron chi connectivity index (χ4n) is 2.82. The second-order valence-corrected chi connectivity index (χ2v) is 6.69. The molecule has 2 aromatic rings. The van der Waals surface area contributed by atoms with Gasteiger partial charge in [-0.15, -0.1) is 0 Å². The first kappa shape index (κ1) is 18.1. The van der Waals surface area contributed by atoms with Crippen LogP contribution in [0.2, 0.25) is 0 Å². The van der Waals surface area contributed by atoms with Crippen molar-refractivity contribution in [3.8, 4) is 0 Å². The Morgan fingerprint density at radius 1 is 1.38 bits per heavy atom. The van der Waals surface area contributed by atoms with E-state index < -0.39 is 18.0 Å². The van der Waals surface area contributed by atoms with Crippen LogP contribution in [-0.4, -0.2) is 34.2 Å². The van der Waals surface area contributed by atoms with Crippen LogP contribution >= 0.6 is 15.9 Å². The molecule has 3 rings (SSSR count). The smallest absolute Gasteiger partial charge is 0.337 e. The van der Waals surface area contributed by atoms with Gasteiger partial charge < -0.3 is 15.4 Å². The summed E-state index contributed by atoms with van der Waals surface area (Å²) in [7, 11) is 0. The van der Waals surface area contributed by atoms with Crippen LogP contribution in [0.15, 0.2) is 45.1 Å². The Balaban J connectivity index is 2.07. The van der Waals surface area contributed by atoms with Crippen LogP contribution in [0.5, 0.6) is 0 Å². The minimum Gasteiger partial charge on any atom is -0.463 e. The van der Waals surface area contributed by atoms with Crippen molar-refractivity contribution in [2.45, 2.75) is 26.4 Å². The molecule has 2 amide bonds. The number of aromatic nitrogens is 2. The fraction of sp³-hybridized carbons (Fsp3) is 0.294. The zero-order valence-electron chi connectivity index (χ0n) is 14.2. The molecule has 1 aliphatic heterocycles. The van der Waals surface area contributed by atoms with Gasteiger partial charge in [-0.2, -0.15) is 0 Å². The first-order valence-electron chi connectivity index (χ1n) is 8.03. The van der Waals surface area contributed by atoms with Gasteiger partial charge in [0.1, 0.15) is 0 Å². The third-order valence-electron chi connectivity index (χ3n) is 3.98. The third kappa shape index (κ3) is 3.48. The molecule has 1 aromatic carbocycles. The minimum atomic E-state index is -0.535. The van der Waals surface area contributed by atoms with Crippen molar-refractivity contribution in [1.29, 1.82) is 0 Å². The van der Waals surface area contributed by atoms with Gasteiger partial charge in [-0.3, -0.25) is 9.36 Å². The Labute approximate surface area is 157 Å². The lowest BCUT2D eigenvalue weighted by molar-refractivity contribution is -0.139. The topological polar surface area (TPSA) is 102 Å². The molecule has 9 heteroatoms. The highest BCUT2D eigenvalue weighted by Crippen LogP contribution is 2.17. The van der Waals surface area contributed by atoms with Crippen LogP contribution in [0, 0.1) is 0 Å². The van der Waals surface area contributed by atoms with Gasteiger partial charge in [0.05, 0.1) is 47.7 Å². The monoisotopic (exact) mass is 420 g/mol. The lowest BCUT2D eigenvalue weighted by atomic mass is 10.0. The summed E-state index contributed by atoms with van der Waals surface area (Å²) in [6.45, 7) is 3.60. The molecule has 0 saturated heterocycles. The molecule has 0 saturated carbocycles. The number of halogens is 1. The van der Waals surface area contributed by atoms with Crippen LogP contribution in [0.3, 0.4) is 0 Å². The summed E-state index contributed by atoms with van der Waals surface area (Å²) in [5.74, 6) is -0.535. The average Bonchev–Trinajstić information content (AvgIpc) is 2.57. The number of ether oxygens (including phenoxy) is 1. The highest BCUT2D eigenvalue weighted by Gasteiger charge is 2.30. The predicted molar refractivity (Wildman–Crippen MR) is 98.5 cm³/mol. The van der Waals surface area contributed by atoms with Crippen molar-refractivity contribution >= 4 is 38.8 Å². The number of fused-ring (bicyclic) bond motifs is 1. The van der Waals surface area contributed by atoms with E-state index in [1.165, 1.54) is 10.9 Å². The van der Waals surface area contributed by atoms with Gasteiger partial charge in [-0.05, 0) is 32.0 Å². The number of carbonyl (C=O) groups is 2. The number of benzene rings is 1. The maximum Gasteiger partial charge on any atom is 0.337 e. The standard InChI is InChI=1S/C17H17BrN4O4/c1-3-26-16(24)14-9(2)20-17(25)21-13(14)7-22-8-19-12-5-4-10(18)6-11(12)15(22)23/h4-6,8-9H,3,7H2,1-2H3,(H2,20,21,25). The summed E-state index contributed by atoms with van der Waals surface area (Å²) < 4.78 is 7.18. The zero-order valence-corrected chi connectivity index (χ0v) is 15.8. The van der Waals surface area contributed by atoms with Gasteiger partial charge in [0.15, 0.2) is 0 Å². The summed E-state index contributed by atoms with van der Waals surface area (Å²) in [5, 5.41) is 5.66. The number of nitrogens with zero attached hydrogens (tertiary/aromatic N) is 2. The number of esters is 1. The van der Waals surface area contributed by atoms with E-state index in [1.807, 2.05) is 0 Å². The van der Waals surface area contributed by atoms with Gasteiger partial charge in [0.2, 0.25) is 0 Å². The zero-order chi connectivity index (χ0) is 18.8. The predicted octanol–water partition coefficient (Wildman–Crippen LogP) is 1.68. The van der Waals surface area contributed by atoms with E-state index in [4.69, 9.17) is 4.74 Å². The number of urea groups is 1. The van der Waals surface area contributed by atoms with Crippen molar-refractivity contribution in [3.05, 3.63) is 50.6 Å². The lowest BCUT2D eigenvalue weighted by Gasteiger charge is -2.26. The number of nitrogens with one attached hydrogen (secondary N) is 2. The summed E-state index contributed by atoms with van der Waals surface area (Å²) in [5.41, 5.74) is 0.898. The first-order valence-corrected chi connectivity index (χ1v) is 8.82. The summed E-state index contributed by atoms with van der Waals surface area (Å²) >= 11 is 3.34. The van der Waals surface area contributed by atoms with E-state index in [9.17, 15) is 14.4 Å². The molecule has 8 nitrogen and oxygen atoms in total. The Bertz CT molecular complexity index is 982. The number of allylic oxidation sites excluding steroid dienone is 1. The summed E-state index contributed by atoms with van der Waals surface area (Å²) in [6.07, 6.45) is 1.40. The average molecular weight is 421 g/mol. The van der Waals surface area contributed by atoms with Crippen molar-refractivity contribution < 1.29 is 14.3 Å². The maximum absolute atomic E-state index is 12.8. The van der Waals surface area contributed by atoms with Crippen molar-refractivity contribution in [2.24, 2.45) is 0 Å². The quantitative estimate of drug-likeness (QED) is 0.732. The van der Waals surface area contributed by atoms with Crippen LogP contribution in [0.4, 0.5) is 4.79 Å². The van der Waals surface area contributed by atoms with Crippen molar-refractivity contribution in [3.63, 3.8) is 0 Å². The van der Waals surface area contributed by atoms with Crippen LogP contribution < -0.4 is 16.2 Å². The molecule has 136 valence electrons. The van der Waals surface area contributed by atoms with E-state index in [0.717, 1.165) is 4.47 Å². The molecule has 2 heterocycles. The Hall–Kier alpha value is -2.68. The van der Waals surface area contributed by atoms with Gasteiger partial charge in [0, 0.05) is 4.47 Å². The van der Waals surface area contributed by atoms with Crippen LogP contribution in [-0.2, 0) is 16.1 Å². The van der Waals surface area contributed by atoms with E-state index in [-0.39, 0.29) is 24.3 Å². The number of hydrogen-bond donors (Lipinski definition) is 2. The van der Waals surface area contributed by atoms with Crippen LogP contribution in [0.25, 0.3) is 10.9 Å². The molecule has 0 spiro atoms. The molecule has 0 radical (unpaired) electrons. The largest absolute Gasteiger partial charge is 0.463 e. The molecule has 1 aliphatic rings. The number of carbonyl (C=O) groups excluding carboxylic acids is 2. The third-order valence-corrected chi connectivity index (χ3v) is 4.47. The molecule has 0 fully saturated rings. The first-order chi connectivity index (χ1) is 12.4. The normalized spacial score (nSPS) is 17.0. The van der Waals surface area contributed by atoms with E-state index in [1.54, 1.807) is 32.0 Å². The Morgan fingerprint density at radius 3 is 2.88 bits per heavy atom. The van der Waals surface area contributed by atoms with Crippen LogP contribution in [0.1, 0.15) is 13.8 Å². The molecule has 0 bridgehead atoms. The van der Waals surface area contributed by atoms with Gasteiger partial charge in [0.25, 0.3) is 5.56 Å². The SMILES string of the molecule is CCOC(=O)C1=C(Cn2cnc3ccc(Br)cc3c2=O)NC(=O)NC1C. The van der Waals surface area contributed by atoms with E-state index in [2.05, 4.69) is 31.5 Å². The van der Waals surface area contributed by atoms with E-state index >= 15 is 0 Å². The Kier molecular flexibility index (Phi) is 5.08. The second-order valence-electron chi connectivity index (χ2n) is 5.77. The highest BCUT2D eigenvalue weighted by atomic mass is 79.9. The molecule has 1 unspecified atom stereocenters.